The van der Waals surface area contributed by atoms with Crippen LogP contribution in [0.2, 0.25) is 0 Å². The fourth-order valence-corrected chi connectivity index (χ4v) is 3.40. The second-order valence-corrected chi connectivity index (χ2v) is 7.28. The molecule has 0 fully saturated rings. The zero-order chi connectivity index (χ0) is 23.4. The molecule has 33 heavy (non-hydrogen) atoms. The third kappa shape index (κ3) is 5.20. The van der Waals surface area contributed by atoms with Crippen molar-refractivity contribution >= 4 is 11.9 Å². The maximum atomic E-state index is 14.1. The van der Waals surface area contributed by atoms with Crippen LogP contribution >= 0.6 is 0 Å². The second-order valence-electron chi connectivity index (χ2n) is 7.28. The highest BCUT2D eigenvalue weighted by molar-refractivity contribution is 5.91. The Morgan fingerprint density at radius 3 is 2.42 bits per heavy atom. The molecule has 0 unspecified atom stereocenters. The number of nitrogens with zero attached hydrogens (tertiary/aromatic N) is 1. The molecule has 0 atom stereocenters. The molecular formula is C24H19F2NO6. The molecule has 0 spiro atoms. The Bertz CT molecular complexity index is 1200. The molecule has 1 heterocycles. The van der Waals surface area contributed by atoms with Gasteiger partial charge in [-0.1, -0.05) is 24.3 Å². The van der Waals surface area contributed by atoms with Crippen LogP contribution in [0.1, 0.15) is 21.5 Å². The minimum absolute atomic E-state index is 0.0530. The van der Waals surface area contributed by atoms with E-state index < -0.39 is 41.4 Å². The Hall–Kier alpha value is -4.14. The number of fused-ring (bicyclic) bond motifs is 1. The highest BCUT2D eigenvalue weighted by Gasteiger charge is 2.21. The van der Waals surface area contributed by atoms with Crippen molar-refractivity contribution in [2.75, 3.05) is 13.4 Å². The summed E-state index contributed by atoms with van der Waals surface area (Å²) in [6.45, 7) is -0.329. The van der Waals surface area contributed by atoms with E-state index >= 15 is 0 Å². The predicted octanol–water partition coefficient (Wildman–Crippen LogP) is 4.00. The second kappa shape index (κ2) is 9.56. The first-order chi connectivity index (χ1) is 15.9. The van der Waals surface area contributed by atoms with E-state index in [1.54, 1.807) is 24.3 Å². The molecule has 7 nitrogen and oxygen atoms in total. The van der Waals surface area contributed by atoms with Gasteiger partial charge in [-0.2, -0.15) is 0 Å². The van der Waals surface area contributed by atoms with Crippen LogP contribution in [0.25, 0.3) is 0 Å². The van der Waals surface area contributed by atoms with Gasteiger partial charge in [0.2, 0.25) is 6.79 Å². The van der Waals surface area contributed by atoms with Crippen molar-refractivity contribution in [1.29, 1.82) is 0 Å². The molecule has 0 aliphatic carbocycles. The van der Waals surface area contributed by atoms with E-state index in [1.165, 1.54) is 35.2 Å². The van der Waals surface area contributed by atoms with Gasteiger partial charge < -0.3 is 24.2 Å². The quantitative estimate of drug-likeness (QED) is 0.553. The smallest absolute Gasteiger partial charge is 0.339 e. The van der Waals surface area contributed by atoms with Crippen molar-refractivity contribution in [3.05, 3.63) is 89.0 Å². The Balaban J connectivity index is 1.55. The van der Waals surface area contributed by atoms with Gasteiger partial charge in [0, 0.05) is 13.1 Å². The van der Waals surface area contributed by atoms with E-state index in [1.807, 2.05) is 0 Å². The summed E-state index contributed by atoms with van der Waals surface area (Å²) in [6.07, 6.45) is 0. The number of halogens is 2. The van der Waals surface area contributed by atoms with Crippen LogP contribution in [-0.2, 0) is 17.9 Å². The fourth-order valence-electron chi connectivity index (χ4n) is 3.40. The lowest BCUT2D eigenvalue weighted by Crippen LogP contribution is -2.34. The van der Waals surface area contributed by atoms with Crippen LogP contribution in [-0.4, -0.2) is 35.3 Å². The monoisotopic (exact) mass is 455 g/mol. The van der Waals surface area contributed by atoms with Crippen LogP contribution in [0.3, 0.4) is 0 Å². The number of benzene rings is 3. The molecular weight excluding hydrogens is 436 g/mol. The molecule has 1 aliphatic rings. The SMILES string of the molecule is O=C(O)c1cccc(F)c1OCC(=O)N(Cc1cccc(F)c1)Cc1ccc2c(c1)OCO2. The standard InChI is InChI=1S/C24H19F2NO6/c25-17-4-1-3-15(9-17)11-27(12-16-7-8-20-21(10-16)33-14-32-20)22(28)13-31-23-18(24(29)30)5-2-6-19(23)26/h1-10H,11-14H2,(H,29,30). The number of ether oxygens (including phenoxy) is 3. The number of carbonyl (C=O) groups is 2. The third-order valence-corrected chi connectivity index (χ3v) is 4.96. The van der Waals surface area contributed by atoms with Gasteiger partial charge in [0.1, 0.15) is 11.4 Å². The molecule has 3 aromatic rings. The molecule has 0 saturated heterocycles. The third-order valence-electron chi connectivity index (χ3n) is 4.96. The summed E-state index contributed by atoms with van der Waals surface area (Å²) in [5, 5.41) is 9.26. The predicted molar refractivity (Wildman–Crippen MR) is 112 cm³/mol. The van der Waals surface area contributed by atoms with E-state index in [9.17, 15) is 23.5 Å². The Kier molecular flexibility index (Phi) is 6.39. The Morgan fingerprint density at radius 1 is 0.939 bits per heavy atom. The number of carboxylic acid groups (broad SMARTS) is 1. The molecule has 9 heteroatoms. The van der Waals surface area contributed by atoms with Gasteiger partial charge in [0.05, 0.1) is 0 Å². The van der Waals surface area contributed by atoms with Gasteiger partial charge in [-0.15, -0.1) is 0 Å². The number of carboxylic acids is 1. The fraction of sp³-hybridized carbons (Fsp3) is 0.167. The van der Waals surface area contributed by atoms with Gasteiger partial charge in [-0.05, 0) is 47.5 Å². The van der Waals surface area contributed by atoms with Gasteiger partial charge in [-0.3, -0.25) is 4.79 Å². The number of rotatable bonds is 8. The normalized spacial score (nSPS) is 11.8. The average Bonchev–Trinajstić information content (AvgIpc) is 3.25. The zero-order valence-corrected chi connectivity index (χ0v) is 17.3. The molecule has 1 N–H and O–H groups in total. The van der Waals surface area contributed by atoms with Crippen LogP contribution in [0, 0.1) is 11.6 Å². The lowest BCUT2D eigenvalue weighted by atomic mass is 10.1. The van der Waals surface area contributed by atoms with Crippen LogP contribution in [0.15, 0.2) is 60.7 Å². The van der Waals surface area contributed by atoms with Gasteiger partial charge >= 0.3 is 5.97 Å². The van der Waals surface area contributed by atoms with Crippen molar-refractivity contribution in [1.82, 2.24) is 4.90 Å². The summed E-state index contributed by atoms with van der Waals surface area (Å²) in [6, 6.07) is 14.5. The first-order valence-corrected chi connectivity index (χ1v) is 9.96. The van der Waals surface area contributed by atoms with Crippen molar-refractivity contribution in [2.24, 2.45) is 0 Å². The lowest BCUT2D eigenvalue weighted by molar-refractivity contribution is -0.134. The number of amides is 1. The minimum atomic E-state index is -1.38. The molecule has 3 aromatic carbocycles. The average molecular weight is 455 g/mol. The first-order valence-electron chi connectivity index (χ1n) is 9.96. The number of aromatic carboxylic acids is 1. The Labute approximate surface area is 187 Å². The summed E-state index contributed by atoms with van der Waals surface area (Å²) >= 11 is 0. The Morgan fingerprint density at radius 2 is 1.67 bits per heavy atom. The summed E-state index contributed by atoms with van der Waals surface area (Å²) < 4.78 is 43.8. The maximum Gasteiger partial charge on any atom is 0.339 e. The van der Waals surface area contributed by atoms with Crippen molar-refractivity contribution in [3.63, 3.8) is 0 Å². The van der Waals surface area contributed by atoms with Crippen molar-refractivity contribution in [2.45, 2.75) is 13.1 Å². The lowest BCUT2D eigenvalue weighted by Gasteiger charge is -2.23. The van der Waals surface area contributed by atoms with Gasteiger partial charge in [-0.25, -0.2) is 13.6 Å². The van der Waals surface area contributed by atoms with Crippen molar-refractivity contribution < 1.29 is 37.7 Å². The van der Waals surface area contributed by atoms with Gasteiger partial charge in [0.25, 0.3) is 5.91 Å². The topological polar surface area (TPSA) is 85.3 Å². The van der Waals surface area contributed by atoms with E-state index in [0.29, 0.717) is 17.1 Å². The van der Waals surface area contributed by atoms with Crippen LogP contribution in [0.4, 0.5) is 8.78 Å². The van der Waals surface area contributed by atoms with E-state index in [-0.39, 0.29) is 19.9 Å². The molecule has 0 aromatic heterocycles. The summed E-state index contributed by atoms with van der Waals surface area (Å²) in [7, 11) is 0. The van der Waals surface area contributed by atoms with Crippen LogP contribution < -0.4 is 14.2 Å². The first kappa shape index (κ1) is 22.1. The van der Waals surface area contributed by atoms with E-state index in [4.69, 9.17) is 14.2 Å². The molecule has 170 valence electrons. The molecule has 4 rings (SSSR count). The van der Waals surface area contributed by atoms with E-state index in [2.05, 4.69) is 0 Å². The van der Waals surface area contributed by atoms with Crippen LogP contribution in [0.5, 0.6) is 17.2 Å². The zero-order valence-electron chi connectivity index (χ0n) is 17.3. The summed E-state index contributed by atoms with van der Waals surface area (Å²) in [5.41, 5.74) is 0.873. The van der Waals surface area contributed by atoms with E-state index in [0.717, 1.165) is 11.6 Å². The number of hydrogen-bond donors (Lipinski definition) is 1. The summed E-state index contributed by atoms with van der Waals surface area (Å²) in [5.74, 6) is -2.66. The largest absolute Gasteiger partial charge is 0.480 e. The molecule has 0 saturated carbocycles. The molecule has 0 bridgehead atoms. The summed E-state index contributed by atoms with van der Waals surface area (Å²) in [4.78, 5) is 25.8. The van der Waals surface area contributed by atoms with Crippen molar-refractivity contribution in [3.8, 4) is 17.2 Å². The number of carbonyl (C=O) groups excluding carboxylic acids is 1. The molecule has 1 aliphatic heterocycles. The number of hydrogen-bond acceptors (Lipinski definition) is 5. The highest BCUT2D eigenvalue weighted by atomic mass is 19.1. The molecule has 1 amide bonds. The highest BCUT2D eigenvalue weighted by Crippen LogP contribution is 2.33. The maximum absolute atomic E-state index is 14.1. The number of para-hydroxylation sites is 1. The minimum Gasteiger partial charge on any atom is -0.480 e. The molecule has 0 radical (unpaired) electrons. The van der Waals surface area contributed by atoms with Gasteiger partial charge in [0.15, 0.2) is 29.7 Å².